The summed E-state index contributed by atoms with van der Waals surface area (Å²) in [5.74, 6) is 0.941. The highest BCUT2D eigenvalue weighted by Gasteiger charge is 2.48. The summed E-state index contributed by atoms with van der Waals surface area (Å²) in [6.45, 7) is 4.28. The fraction of sp³-hybridized carbons (Fsp3) is 0.316. The number of thiocarbonyl (C=S) groups is 1. The van der Waals surface area contributed by atoms with E-state index >= 15 is 0 Å². The molecule has 2 bridgehead atoms. The van der Waals surface area contributed by atoms with E-state index in [4.69, 9.17) is 17.0 Å². The fourth-order valence-electron chi connectivity index (χ4n) is 3.59. The average Bonchev–Trinajstić information content (AvgIpc) is 2.54. The van der Waals surface area contributed by atoms with E-state index in [9.17, 15) is 0 Å². The van der Waals surface area contributed by atoms with Crippen molar-refractivity contribution >= 4 is 23.0 Å². The molecule has 1 N–H and O–H groups in total. The third-order valence-electron chi connectivity index (χ3n) is 4.78. The second-order valence-electron chi connectivity index (χ2n) is 6.38. The molecule has 4 rings (SSSR count). The van der Waals surface area contributed by atoms with Gasteiger partial charge < -0.3 is 10.1 Å². The molecule has 2 aromatic carbocycles. The van der Waals surface area contributed by atoms with Gasteiger partial charge in [-0.2, -0.15) is 0 Å². The van der Waals surface area contributed by atoms with Crippen molar-refractivity contribution in [1.29, 1.82) is 0 Å². The van der Waals surface area contributed by atoms with Crippen LogP contribution in [0.3, 0.4) is 0 Å². The lowest BCUT2D eigenvalue weighted by Crippen LogP contribution is -2.65. The number of nitrogens with zero attached hydrogens (tertiary/aromatic N) is 1. The second kappa shape index (κ2) is 5.24. The van der Waals surface area contributed by atoms with Crippen molar-refractivity contribution in [1.82, 2.24) is 5.32 Å². The average molecular weight is 324 g/mol. The fourth-order valence-corrected chi connectivity index (χ4v) is 4.03. The first kappa shape index (κ1) is 14.5. The van der Waals surface area contributed by atoms with Gasteiger partial charge in [-0.15, -0.1) is 0 Å². The van der Waals surface area contributed by atoms with Gasteiger partial charge in [0, 0.05) is 17.7 Å². The number of rotatable bonds is 2. The van der Waals surface area contributed by atoms with E-state index < -0.39 is 5.72 Å². The Balaban J connectivity index is 1.76. The van der Waals surface area contributed by atoms with E-state index in [2.05, 4.69) is 54.4 Å². The summed E-state index contributed by atoms with van der Waals surface area (Å²) in [7, 11) is 0. The Morgan fingerprint density at radius 2 is 1.96 bits per heavy atom. The topological polar surface area (TPSA) is 24.5 Å². The van der Waals surface area contributed by atoms with Crippen LogP contribution in [0.4, 0.5) is 5.69 Å². The zero-order valence-corrected chi connectivity index (χ0v) is 14.2. The maximum absolute atomic E-state index is 6.38. The number of hydrogen-bond acceptors (Lipinski definition) is 2. The normalized spacial score (nSPS) is 25.4. The van der Waals surface area contributed by atoms with Gasteiger partial charge in [-0.25, -0.2) is 0 Å². The molecule has 118 valence electrons. The molecular formula is C19H20N2OS. The standard InChI is InChI=1S/C19H20N2OS/c1-3-13-8-10-14(11-9-13)21-18(23)20-16-12-19(21,2)22-17-7-5-4-6-15(16)17/h4-11,16H,3,12H2,1-2H3,(H,20,23)/t16-,19-/m1/s1. The van der Waals surface area contributed by atoms with E-state index in [0.717, 1.165) is 29.4 Å². The van der Waals surface area contributed by atoms with Gasteiger partial charge in [0.2, 0.25) is 0 Å². The highest BCUT2D eigenvalue weighted by Crippen LogP contribution is 2.45. The summed E-state index contributed by atoms with van der Waals surface area (Å²) < 4.78 is 6.38. The van der Waals surface area contributed by atoms with Crippen molar-refractivity contribution in [3.63, 3.8) is 0 Å². The van der Waals surface area contributed by atoms with Crippen LogP contribution in [0.1, 0.15) is 37.4 Å². The molecule has 0 radical (unpaired) electrons. The minimum Gasteiger partial charge on any atom is -0.467 e. The van der Waals surface area contributed by atoms with Gasteiger partial charge in [-0.05, 0) is 49.3 Å². The summed E-state index contributed by atoms with van der Waals surface area (Å²) in [6, 6.07) is 17.0. The maximum atomic E-state index is 6.38. The molecular weight excluding hydrogens is 304 g/mol. The molecule has 0 aromatic heterocycles. The van der Waals surface area contributed by atoms with Crippen LogP contribution in [0, 0.1) is 0 Å². The van der Waals surface area contributed by atoms with Crippen molar-refractivity contribution in [3.05, 3.63) is 59.7 Å². The van der Waals surface area contributed by atoms with Crippen molar-refractivity contribution in [2.75, 3.05) is 4.90 Å². The number of anilines is 1. The first-order valence-corrected chi connectivity index (χ1v) is 8.49. The number of benzene rings is 2. The van der Waals surface area contributed by atoms with E-state index in [0.29, 0.717) is 0 Å². The molecule has 0 aliphatic carbocycles. The summed E-state index contributed by atoms with van der Waals surface area (Å²) in [4.78, 5) is 2.11. The Bertz CT molecular complexity index is 758. The van der Waals surface area contributed by atoms with E-state index in [1.165, 1.54) is 11.1 Å². The summed E-state index contributed by atoms with van der Waals surface area (Å²) in [5.41, 5.74) is 3.12. The lowest BCUT2D eigenvalue weighted by molar-refractivity contribution is 0.0498. The van der Waals surface area contributed by atoms with Crippen molar-refractivity contribution in [2.24, 2.45) is 0 Å². The first-order valence-electron chi connectivity index (χ1n) is 8.08. The van der Waals surface area contributed by atoms with E-state index in [-0.39, 0.29) is 6.04 Å². The molecule has 1 fully saturated rings. The predicted molar refractivity (Wildman–Crippen MR) is 96.9 cm³/mol. The second-order valence-corrected chi connectivity index (χ2v) is 6.76. The predicted octanol–water partition coefficient (Wildman–Crippen LogP) is 4.18. The van der Waals surface area contributed by atoms with Gasteiger partial charge in [0.1, 0.15) is 5.75 Å². The molecule has 3 nitrogen and oxygen atoms in total. The molecule has 0 amide bonds. The van der Waals surface area contributed by atoms with Crippen LogP contribution in [-0.2, 0) is 6.42 Å². The lowest BCUT2D eigenvalue weighted by atomic mass is 9.90. The minimum absolute atomic E-state index is 0.212. The summed E-state index contributed by atoms with van der Waals surface area (Å²) >= 11 is 5.66. The highest BCUT2D eigenvalue weighted by molar-refractivity contribution is 7.80. The van der Waals surface area contributed by atoms with Crippen molar-refractivity contribution < 1.29 is 4.74 Å². The Morgan fingerprint density at radius 3 is 2.70 bits per heavy atom. The van der Waals surface area contributed by atoms with Gasteiger partial charge in [-0.3, -0.25) is 4.90 Å². The van der Waals surface area contributed by atoms with Gasteiger partial charge >= 0.3 is 0 Å². The largest absolute Gasteiger partial charge is 0.467 e. The zero-order valence-electron chi connectivity index (χ0n) is 13.4. The molecule has 0 spiro atoms. The molecule has 1 saturated heterocycles. The molecule has 2 aromatic rings. The van der Waals surface area contributed by atoms with Crippen LogP contribution in [0.15, 0.2) is 48.5 Å². The van der Waals surface area contributed by atoms with Crippen LogP contribution < -0.4 is 15.0 Å². The van der Waals surface area contributed by atoms with Gasteiger partial charge in [0.05, 0.1) is 6.04 Å². The molecule has 2 aliphatic rings. The Morgan fingerprint density at radius 1 is 1.22 bits per heavy atom. The van der Waals surface area contributed by atoms with Crippen LogP contribution in [-0.4, -0.2) is 10.8 Å². The molecule has 2 aliphatic heterocycles. The number of ether oxygens (including phenoxy) is 1. The maximum Gasteiger partial charge on any atom is 0.188 e. The monoisotopic (exact) mass is 324 g/mol. The van der Waals surface area contributed by atoms with Gasteiger partial charge in [-0.1, -0.05) is 37.3 Å². The summed E-state index contributed by atoms with van der Waals surface area (Å²) in [6.07, 6.45) is 1.89. The van der Waals surface area contributed by atoms with Crippen molar-refractivity contribution in [2.45, 2.75) is 38.5 Å². The molecule has 2 atom stereocenters. The van der Waals surface area contributed by atoms with Crippen molar-refractivity contribution in [3.8, 4) is 5.75 Å². The number of para-hydroxylation sites is 1. The number of hydrogen-bond donors (Lipinski definition) is 1. The van der Waals surface area contributed by atoms with E-state index in [1.807, 2.05) is 18.2 Å². The molecule has 0 saturated carbocycles. The Kier molecular flexibility index (Phi) is 3.31. The van der Waals surface area contributed by atoms with Crippen LogP contribution in [0.5, 0.6) is 5.75 Å². The summed E-state index contributed by atoms with van der Waals surface area (Å²) in [5, 5.41) is 4.21. The number of aryl methyl sites for hydroxylation is 1. The van der Waals surface area contributed by atoms with Crippen LogP contribution in [0.25, 0.3) is 0 Å². The lowest BCUT2D eigenvalue weighted by Gasteiger charge is -2.52. The Labute approximate surface area is 142 Å². The quantitative estimate of drug-likeness (QED) is 0.838. The van der Waals surface area contributed by atoms with E-state index in [1.54, 1.807) is 0 Å². The van der Waals surface area contributed by atoms with Crippen LogP contribution >= 0.6 is 12.2 Å². The third kappa shape index (κ3) is 2.29. The Hall–Kier alpha value is -2.07. The SMILES string of the molecule is CCc1ccc(N2C(=S)N[C@@H]3C[C@@]2(C)Oc2ccccc23)cc1. The third-order valence-corrected chi connectivity index (χ3v) is 5.08. The number of fused-ring (bicyclic) bond motifs is 4. The van der Waals surface area contributed by atoms with Crippen LogP contribution in [0.2, 0.25) is 0 Å². The first-order chi connectivity index (χ1) is 11.1. The highest BCUT2D eigenvalue weighted by atomic mass is 32.1. The van der Waals surface area contributed by atoms with Gasteiger partial charge in [0.25, 0.3) is 0 Å². The zero-order chi connectivity index (χ0) is 16.0. The minimum atomic E-state index is -0.463. The number of nitrogens with one attached hydrogen (secondary N) is 1. The smallest absolute Gasteiger partial charge is 0.188 e. The molecule has 4 heteroatoms. The van der Waals surface area contributed by atoms with Gasteiger partial charge in [0.15, 0.2) is 10.8 Å². The molecule has 23 heavy (non-hydrogen) atoms. The molecule has 2 heterocycles. The molecule has 0 unspecified atom stereocenters.